The quantitative estimate of drug-likeness (QED) is 0.448. The molecule has 0 aliphatic rings. The third kappa shape index (κ3) is 6.47. The Bertz CT molecular complexity index is 917. The normalized spacial score (nSPS) is 10.3. The molecule has 0 spiro atoms. The van der Waals surface area contributed by atoms with E-state index in [9.17, 15) is 0 Å². The number of benzene rings is 2. The van der Waals surface area contributed by atoms with Crippen LogP contribution in [0.15, 0.2) is 30.3 Å². The third-order valence-corrected chi connectivity index (χ3v) is 5.13. The molecule has 6 nitrogen and oxygen atoms in total. The molecule has 2 aromatic rings. The largest absolute Gasteiger partial charge is 0.496 e. The van der Waals surface area contributed by atoms with Gasteiger partial charge in [0.15, 0.2) is 10.2 Å². The molecule has 0 amide bonds. The van der Waals surface area contributed by atoms with Crippen LogP contribution in [0.25, 0.3) is 0 Å². The van der Waals surface area contributed by atoms with Crippen LogP contribution in [-0.4, -0.2) is 30.9 Å². The van der Waals surface area contributed by atoms with Crippen molar-refractivity contribution < 1.29 is 4.74 Å². The lowest BCUT2D eigenvalue weighted by atomic mass is 10.1. The smallest absolute Gasteiger partial charge is 0.171 e. The summed E-state index contributed by atoms with van der Waals surface area (Å²) in [7, 11) is 3.74. The summed E-state index contributed by atoms with van der Waals surface area (Å²) in [4.78, 5) is 2.20. The van der Waals surface area contributed by atoms with Crippen molar-refractivity contribution in [2.24, 2.45) is 5.73 Å². The summed E-state index contributed by atoms with van der Waals surface area (Å²) >= 11 is 10.6. The van der Waals surface area contributed by atoms with Gasteiger partial charge in [-0.05, 0) is 85.7 Å². The monoisotopic (exact) mass is 445 g/mol. The summed E-state index contributed by atoms with van der Waals surface area (Å²) in [6, 6.07) is 10.2. The van der Waals surface area contributed by atoms with Gasteiger partial charge in [-0.1, -0.05) is 13.0 Å². The zero-order chi connectivity index (χ0) is 22.3. The summed E-state index contributed by atoms with van der Waals surface area (Å²) in [5.41, 5.74) is 11.8. The van der Waals surface area contributed by atoms with Gasteiger partial charge in [-0.25, -0.2) is 0 Å². The first kappa shape index (κ1) is 23.7. The number of nitrogens with zero attached hydrogens (tertiary/aromatic N) is 1. The molecule has 0 atom stereocenters. The molecule has 0 unspecified atom stereocenters. The van der Waals surface area contributed by atoms with Gasteiger partial charge in [0.25, 0.3) is 0 Å². The van der Waals surface area contributed by atoms with Gasteiger partial charge in [0.05, 0.1) is 7.11 Å². The van der Waals surface area contributed by atoms with E-state index < -0.39 is 0 Å². The number of anilines is 3. The molecule has 0 aliphatic heterocycles. The molecule has 0 saturated heterocycles. The lowest BCUT2D eigenvalue weighted by Crippen LogP contribution is -2.29. The van der Waals surface area contributed by atoms with Crippen LogP contribution in [0.1, 0.15) is 30.0 Å². The van der Waals surface area contributed by atoms with Crippen LogP contribution in [0.4, 0.5) is 17.1 Å². The minimum Gasteiger partial charge on any atom is -0.496 e. The predicted molar refractivity (Wildman–Crippen MR) is 136 cm³/mol. The summed E-state index contributed by atoms with van der Waals surface area (Å²) < 4.78 is 5.37. The highest BCUT2D eigenvalue weighted by atomic mass is 32.1. The van der Waals surface area contributed by atoms with Crippen molar-refractivity contribution in [2.45, 2.75) is 33.7 Å². The molecule has 2 aromatic carbocycles. The molecule has 0 aliphatic carbocycles. The van der Waals surface area contributed by atoms with Crippen LogP contribution >= 0.6 is 24.4 Å². The second kappa shape index (κ2) is 11.0. The number of hydrogen-bond donors (Lipinski definition) is 4. The van der Waals surface area contributed by atoms with Crippen molar-refractivity contribution in [1.29, 1.82) is 0 Å². The number of rotatable bonds is 8. The second-order valence-electron chi connectivity index (χ2n) is 7.20. The van der Waals surface area contributed by atoms with Crippen LogP contribution < -0.4 is 31.3 Å². The average molecular weight is 446 g/mol. The molecule has 162 valence electrons. The molecule has 0 saturated carbocycles. The lowest BCUT2D eigenvalue weighted by Gasteiger charge is -2.21. The maximum atomic E-state index is 5.73. The molecule has 0 aromatic heterocycles. The summed E-state index contributed by atoms with van der Waals surface area (Å²) in [6.07, 6.45) is 1.07. The van der Waals surface area contributed by atoms with E-state index in [1.54, 1.807) is 7.11 Å². The first-order valence-corrected chi connectivity index (χ1v) is 10.7. The summed E-state index contributed by atoms with van der Waals surface area (Å²) in [6.45, 7) is 7.68. The average Bonchev–Trinajstić information content (AvgIpc) is 2.69. The first-order valence-electron chi connectivity index (χ1n) is 9.85. The van der Waals surface area contributed by atoms with E-state index in [-0.39, 0.29) is 5.11 Å². The minimum atomic E-state index is 0.233. The van der Waals surface area contributed by atoms with Crippen molar-refractivity contribution in [3.05, 3.63) is 47.0 Å². The molecule has 8 heteroatoms. The number of aryl methyl sites for hydroxylation is 2. The zero-order valence-corrected chi connectivity index (χ0v) is 19.9. The standard InChI is InChI=1S/C22H31N5OS2/c1-6-9-27(4)17-8-7-16(19(12-17)25-21(23)29)13-24-22(30)26-18-10-15(3)20(28-5)11-14(18)2/h7-8,10-12H,6,9,13H2,1-5H3,(H3,23,25,29)(H2,24,26,30). The lowest BCUT2D eigenvalue weighted by molar-refractivity contribution is 0.411. The van der Waals surface area contributed by atoms with Gasteiger partial charge in [-0.3, -0.25) is 0 Å². The van der Waals surface area contributed by atoms with Crippen molar-refractivity contribution in [1.82, 2.24) is 5.32 Å². The summed E-state index contributed by atoms with van der Waals surface area (Å²) in [5.74, 6) is 0.860. The van der Waals surface area contributed by atoms with E-state index >= 15 is 0 Å². The maximum Gasteiger partial charge on any atom is 0.171 e. The molecule has 5 N–H and O–H groups in total. The minimum absolute atomic E-state index is 0.233. The number of methoxy groups -OCH3 is 1. The highest BCUT2D eigenvalue weighted by Crippen LogP contribution is 2.26. The van der Waals surface area contributed by atoms with Crippen LogP contribution in [0.2, 0.25) is 0 Å². The van der Waals surface area contributed by atoms with E-state index in [4.69, 9.17) is 34.9 Å². The SMILES string of the molecule is CCCN(C)c1ccc(CNC(=S)Nc2cc(C)c(OC)cc2C)c(NC(N)=S)c1. The Labute approximate surface area is 190 Å². The maximum absolute atomic E-state index is 5.73. The molecular weight excluding hydrogens is 414 g/mol. The number of nitrogens with two attached hydrogens (primary N) is 1. The first-order chi connectivity index (χ1) is 14.2. The fourth-order valence-electron chi connectivity index (χ4n) is 3.16. The van der Waals surface area contributed by atoms with Gasteiger partial charge in [0.1, 0.15) is 5.75 Å². The van der Waals surface area contributed by atoms with Gasteiger partial charge in [-0.15, -0.1) is 0 Å². The Kier molecular flexibility index (Phi) is 8.68. The fourth-order valence-corrected chi connectivity index (χ4v) is 3.45. The van der Waals surface area contributed by atoms with Gasteiger partial charge < -0.3 is 31.3 Å². The molecule has 30 heavy (non-hydrogen) atoms. The predicted octanol–water partition coefficient (Wildman–Crippen LogP) is 4.30. The molecule has 0 fully saturated rings. The highest BCUT2D eigenvalue weighted by Gasteiger charge is 2.10. The number of ether oxygens (including phenoxy) is 1. The number of thiocarbonyl (C=S) groups is 2. The Morgan fingerprint density at radius 1 is 1.07 bits per heavy atom. The Morgan fingerprint density at radius 3 is 2.43 bits per heavy atom. The van der Waals surface area contributed by atoms with Crippen LogP contribution in [0.5, 0.6) is 5.75 Å². The van der Waals surface area contributed by atoms with E-state index in [0.29, 0.717) is 11.7 Å². The van der Waals surface area contributed by atoms with Crippen LogP contribution in [0, 0.1) is 13.8 Å². The van der Waals surface area contributed by atoms with E-state index in [1.165, 1.54) is 0 Å². The van der Waals surface area contributed by atoms with Crippen molar-refractivity contribution in [3.8, 4) is 5.75 Å². The molecule has 0 bridgehead atoms. The van der Waals surface area contributed by atoms with E-state index in [0.717, 1.165) is 52.5 Å². The molecule has 0 radical (unpaired) electrons. The van der Waals surface area contributed by atoms with Gasteiger partial charge in [0, 0.05) is 37.2 Å². The fraction of sp³-hybridized carbons (Fsp3) is 0.364. The van der Waals surface area contributed by atoms with Gasteiger partial charge in [-0.2, -0.15) is 0 Å². The van der Waals surface area contributed by atoms with Gasteiger partial charge >= 0.3 is 0 Å². The second-order valence-corrected chi connectivity index (χ2v) is 8.04. The highest BCUT2D eigenvalue weighted by molar-refractivity contribution is 7.80. The Morgan fingerprint density at radius 2 is 1.80 bits per heavy atom. The number of hydrogen-bond acceptors (Lipinski definition) is 4. The zero-order valence-electron chi connectivity index (χ0n) is 18.3. The van der Waals surface area contributed by atoms with E-state index in [2.05, 4.69) is 53.0 Å². The van der Waals surface area contributed by atoms with Gasteiger partial charge in [0.2, 0.25) is 0 Å². The Hall–Kier alpha value is -2.58. The summed E-state index contributed by atoms with van der Waals surface area (Å²) in [5, 5.41) is 10.4. The topological polar surface area (TPSA) is 74.6 Å². The van der Waals surface area contributed by atoms with Crippen molar-refractivity contribution in [3.63, 3.8) is 0 Å². The Balaban J connectivity index is 2.11. The van der Waals surface area contributed by atoms with E-state index in [1.807, 2.05) is 26.0 Å². The van der Waals surface area contributed by atoms with Crippen LogP contribution in [0.3, 0.4) is 0 Å². The number of nitrogens with one attached hydrogen (secondary N) is 3. The van der Waals surface area contributed by atoms with Crippen molar-refractivity contribution in [2.75, 3.05) is 36.2 Å². The van der Waals surface area contributed by atoms with Crippen molar-refractivity contribution >= 4 is 51.7 Å². The third-order valence-electron chi connectivity index (χ3n) is 4.78. The van der Waals surface area contributed by atoms with Crippen LogP contribution in [-0.2, 0) is 6.54 Å². The molecular formula is C22H31N5OS2. The molecule has 0 heterocycles. The molecule has 2 rings (SSSR count).